The van der Waals surface area contributed by atoms with Crippen molar-refractivity contribution in [2.24, 2.45) is 0 Å². The molecule has 6 fully saturated rings. The van der Waals surface area contributed by atoms with Gasteiger partial charge in [-0.3, -0.25) is 14.4 Å². The summed E-state index contributed by atoms with van der Waals surface area (Å²) in [5.41, 5.74) is 0. The van der Waals surface area contributed by atoms with Gasteiger partial charge < -0.3 is 38.7 Å². The summed E-state index contributed by atoms with van der Waals surface area (Å²) < 4.78 is 38.1. The first-order valence-corrected chi connectivity index (χ1v) is 25.8. The van der Waals surface area contributed by atoms with Crippen molar-refractivity contribution in [3.63, 3.8) is 0 Å². The maximum absolute atomic E-state index is 11.1. The molecular formula is C46H100N6O10S. The highest BCUT2D eigenvalue weighted by atomic mass is 32.2. The third-order valence-electron chi connectivity index (χ3n) is 8.82. The van der Waals surface area contributed by atoms with Crippen LogP contribution < -0.4 is 0 Å². The summed E-state index contributed by atoms with van der Waals surface area (Å²) in [6, 6.07) is 0. The molecule has 5 amide bonds. The highest BCUT2D eigenvalue weighted by Crippen LogP contribution is 2.11. The third kappa shape index (κ3) is 41.3. The molecule has 0 radical (unpaired) electrons. The molecular weight excluding hydrogens is 829 g/mol. The zero-order valence-corrected chi connectivity index (χ0v) is 44.8. The molecule has 0 aromatic carbocycles. The van der Waals surface area contributed by atoms with E-state index in [4.69, 9.17) is 9.47 Å². The van der Waals surface area contributed by atoms with Crippen molar-refractivity contribution in [2.45, 2.75) is 160 Å². The lowest BCUT2D eigenvalue weighted by atomic mass is 10.2. The summed E-state index contributed by atoms with van der Waals surface area (Å²) >= 11 is 0. The van der Waals surface area contributed by atoms with Crippen LogP contribution in [-0.4, -0.2) is 181 Å². The molecule has 63 heavy (non-hydrogen) atoms. The number of hydrogen-bond acceptors (Lipinski definition) is 10. The highest BCUT2D eigenvalue weighted by molar-refractivity contribution is 7.89. The number of sulfonamides is 1. The fourth-order valence-electron chi connectivity index (χ4n) is 5.05. The van der Waals surface area contributed by atoms with Gasteiger partial charge in [-0.05, 0) is 44.9 Å². The quantitative estimate of drug-likeness (QED) is 0.230. The van der Waals surface area contributed by atoms with E-state index in [0.29, 0.717) is 57.0 Å². The molecule has 0 aromatic heterocycles. The Morgan fingerprint density at radius 3 is 1.22 bits per heavy atom. The Labute approximate surface area is 388 Å². The molecule has 17 heteroatoms. The van der Waals surface area contributed by atoms with Gasteiger partial charge in [-0.2, -0.15) is 0 Å². The fourth-order valence-corrected chi connectivity index (χ4v) is 6.34. The third-order valence-corrected chi connectivity index (χ3v) is 10.8. The number of carbonyl (C=O) groups is 5. The number of amides is 5. The largest absolute Gasteiger partial charge is 0.449 e. The van der Waals surface area contributed by atoms with Crippen molar-refractivity contribution >= 4 is 39.9 Å². The highest BCUT2D eigenvalue weighted by Gasteiger charge is 2.20. The van der Waals surface area contributed by atoms with E-state index in [9.17, 15) is 32.4 Å². The first kappa shape index (κ1) is 71.5. The molecule has 0 unspecified atom stereocenters. The lowest BCUT2D eigenvalue weighted by molar-refractivity contribution is -0.130. The molecule has 0 aliphatic carbocycles. The SMILES string of the molecule is CC.CC.CC.CC.CC.CC.CN1CCCC1=O.CN1CCCCCC1=O.CN1CCCCCS1(=O)=O.CN1CCCCOC1=O.CN1CCOC1=O.CN1CCOCCC1=O. The second-order valence-electron chi connectivity index (χ2n) is 13.2. The monoisotopic (exact) mass is 929 g/mol. The van der Waals surface area contributed by atoms with Crippen molar-refractivity contribution in [1.29, 1.82) is 0 Å². The van der Waals surface area contributed by atoms with E-state index in [1.807, 2.05) is 102 Å². The molecule has 6 rings (SSSR count). The van der Waals surface area contributed by atoms with Crippen LogP contribution in [0.1, 0.15) is 160 Å². The summed E-state index contributed by atoms with van der Waals surface area (Å²) in [6.07, 6.45) is 11.1. The average molecular weight is 929 g/mol. The molecule has 6 heterocycles. The first-order valence-electron chi connectivity index (χ1n) is 24.1. The molecule has 380 valence electrons. The van der Waals surface area contributed by atoms with Crippen LogP contribution in [0.5, 0.6) is 0 Å². The van der Waals surface area contributed by atoms with Crippen LogP contribution in [0.2, 0.25) is 0 Å². The van der Waals surface area contributed by atoms with Gasteiger partial charge in [-0.1, -0.05) is 95.9 Å². The van der Waals surface area contributed by atoms with Crippen LogP contribution in [0, 0.1) is 0 Å². The maximum atomic E-state index is 11.1. The normalized spacial score (nSPS) is 18.8. The summed E-state index contributed by atoms with van der Waals surface area (Å²) in [4.78, 5) is 61.7. The predicted molar refractivity (Wildman–Crippen MR) is 262 cm³/mol. The van der Waals surface area contributed by atoms with Crippen molar-refractivity contribution in [1.82, 2.24) is 28.8 Å². The Morgan fingerprint density at radius 2 is 0.746 bits per heavy atom. The van der Waals surface area contributed by atoms with Crippen LogP contribution >= 0.6 is 0 Å². The van der Waals surface area contributed by atoms with Crippen molar-refractivity contribution < 1.29 is 46.6 Å². The molecule has 6 aliphatic heterocycles. The van der Waals surface area contributed by atoms with Gasteiger partial charge in [0.2, 0.25) is 27.7 Å². The summed E-state index contributed by atoms with van der Waals surface area (Å²) in [5.74, 6) is 1.13. The standard InChI is InChI=1S/C7H13NO.C6H13NO2S.2C6H11NO2.C5H9NO.C4H7NO2.6C2H6/c1-8-6-4-2-3-5-7(8)9;1-7-5-3-2-4-6-10(7,8)9;1-7-3-5-9-4-2-6(7)8;1-7-4-2-3-5-9-6(7)8;1-6-4-2-3-5(6)7;1-5-2-3-7-4(5)6;6*1-2/h2-6H2,1H3;2-6H2,1H3;2*2-5H2,1H3;2-4H2,1H3;2-3H2,1H3;6*1-2H3. The van der Waals surface area contributed by atoms with E-state index in [1.165, 1.54) is 17.1 Å². The van der Waals surface area contributed by atoms with Crippen LogP contribution in [0.4, 0.5) is 9.59 Å². The molecule has 0 atom stereocenters. The molecule has 16 nitrogen and oxygen atoms in total. The molecule has 0 bridgehead atoms. The van der Waals surface area contributed by atoms with Gasteiger partial charge in [0.05, 0.1) is 38.5 Å². The Bertz CT molecular complexity index is 1090. The van der Waals surface area contributed by atoms with Crippen LogP contribution in [0.15, 0.2) is 0 Å². The topological polar surface area (TPSA) is 167 Å². The number of ether oxygens (including phenoxy) is 3. The number of nitrogens with zero attached hydrogens (tertiary/aromatic N) is 6. The van der Waals surface area contributed by atoms with Gasteiger partial charge in [0, 0.05) is 87.9 Å². The van der Waals surface area contributed by atoms with Gasteiger partial charge in [0.15, 0.2) is 0 Å². The van der Waals surface area contributed by atoms with Crippen LogP contribution in [-0.2, 0) is 38.6 Å². The van der Waals surface area contributed by atoms with Gasteiger partial charge in [0.1, 0.15) is 6.61 Å². The van der Waals surface area contributed by atoms with E-state index in [1.54, 1.807) is 47.8 Å². The van der Waals surface area contributed by atoms with E-state index in [-0.39, 0.29) is 18.1 Å². The number of cyclic esters (lactones) is 2. The Hall–Kier alpha value is -3.18. The van der Waals surface area contributed by atoms with Gasteiger partial charge in [-0.15, -0.1) is 0 Å². The van der Waals surface area contributed by atoms with Gasteiger partial charge in [0.25, 0.3) is 0 Å². The second-order valence-corrected chi connectivity index (χ2v) is 15.4. The number of rotatable bonds is 0. The van der Waals surface area contributed by atoms with E-state index < -0.39 is 10.0 Å². The van der Waals surface area contributed by atoms with E-state index >= 15 is 0 Å². The average Bonchev–Trinajstić information content (AvgIpc) is 3.57. The van der Waals surface area contributed by atoms with Gasteiger partial charge in [-0.25, -0.2) is 22.3 Å². The van der Waals surface area contributed by atoms with Crippen LogP contribution in [0.3, 0.4) is 0 Å². The number of carbonyl (C=O) groups excluding carboxylic acids is 5. The van der Waals surface area contributed by atoms with Crippen molar-refractivity contribution in [3.05, 3.63) is 0 Å². The lowest BCUT2D eigenvalue weighted by Crippen LogP contribution is -2.27. The zero-order chi connectivity index (χ0) is 50.2. The van der Waals surface area contributed by atoms with Gasteiger partial charge >= 0.3 is 12.2 Å². The molecule has 0 saturated carbocycles. The summed E-state index contributed by atoms with van der Waals surface area (Å²) in [7, 11) is 7.79. The summed E-state index contributed by atoms with van der Waals surface area (Å²) in [5, 5.41) is 0. The predicted octanol–water partition coefficient (Wildman–Crippen LogP) is 8.63. The summed E-state index contributed by atoms with van der Waals surface area (Å²) in [6.45, 7) is 31.3. The first-order chi connectivity index (χ1) is 30.2. The van der Waals surface area contributed by atoms with Crippen LogP contribution in [0.25, 0.3) is 0 Å². The van der Waals surface area contributed by atoms with Crippen molar-refractivity contribution in [2.75, 3.05) is 114 Å². The van der Waals surface area contributed by atoms with Crippen molar-refractivity contribution in [3.8, 4) is 0 Å². The fraction of sp³-hybridized carbons (Fsp3) is 0.891. The molecule has 6 aliphatic rings. The minimum atomic E-state index is -2.86. The minimum absolute atomic E-state index is 0.187. The van der Waals surface area contributed by atoms with E-state index in [0.717, 1.165) is 90.5 Å². The lowest BCUT2D eigenvalue weighted by Gasteiger charge is -2.11. The smallest absolute Gasteiger partial charge is 0.409 e. The molecule has 0 aromatic rings. The molecule has 0 spiro atoms. The number of hydrogen-bond donors (Lipinski definition) is 0. The Morgan fingerprint density at radius 1 is 0.365 bits per heavy atom. The zero-order valence-electron chi connectivity index (χ0n) is 43.9. The molecule has 0 N–H and O–H groups in total. The maximum Gasteiger partial charge on any atom is 0.409 e. The Balaban J connectivity index is -0.000000148. The minimum Gasteiger partial charge on any atom is -0.449 e. The second kappa shape index (κ2) is 51.5. The number of likely N-dealkylation sites (N-methyl/N-ethyl adjacent to an activating group) is 2. The number of likely N-dealkylation sites (tertiary alicyclic amines) is 2. The van der Waals surface area contributed by atoms with E-state index in [2.05, 4.69) is 4.74 Å². The Kier molecular flexibility index (Phi) is 58.4. The molecule has 6 saturated heterocycles.